The average molecular weight is 262 g/mol. The van der Waals surface area contributed by atoms with Crippen LogP contribution < -0.4 is 4.72 Å². The highest BCUT2D eigenvalue weighted by Crippen LogP contribution is 2.23. The second kappa shape index (κ2) is 5.14. The van der Waals surface area contributed by atoms with Crippen LogP contribution in [0.25, 0.3) is 0 Å². The molecule has 1 aliphatic heterocycles. The molecule has 1 heterocycles. The van der Waals surface area contributed by atoms with E-state index >= 15 is 0 Å². The number of carbonyl (C=O) groups excluding carboxylic acids is 2. The zero-order valence-corrected chi connectivity index (χ0v) is 11.1. The predicted octanol–water partition coefficient (Wildman–Crippen LogP) is -0.638. The Labute approximate surface area is 101 Å². The molecule has 1 unspecified atom stereocenters. The van der Waals surface area contributed by atoms with Crippen molar-refractivity contribution in [2.24, 2.45) is 5.92 Å². The van der Waals surface area contributed by atoms with Crippen LogP contribution in [0.15, 0.2) is 0 Å². The molecule has 17 heavy (non-hydrogen) atoms. The Kier molecular flexibility index (Phi) is 4.26. The van der Waals surface area contributed by atoms with E-state index in [1.54, 1.807) is 0 Å². The van der Waals surface area contributed by atoms with Gasteiger partial charge < -0.3 is 4.90 Å². The number of amides is 1. The molecule has 1 saturated heterocycles. The molecule has 0 radical (unpaired) electrons. The van der Waals surface area contributed by atoms with Gasteiger partial charge in [0.2, 0.25) is 15.9 Å². The summed E-state index contributed by atoms with van der Waals surface area (Å²) in [4.78, 5) is 24.2. The average Bonchev–Trinajstić information content (AvgIpc) is 2.57. The second-order valence-corrected chi connectivity index (χ2v) is 6.35. The topological polar surface area (TPSA) is 83.6 Å². The first-order valence-electron chi connectivity index (χ1n) is 5.43. The number of rotatable bonds is 4. The molecule has 0 aromatic rings. The summed E-state index contributed by atoms with van der Waals surface area (Å²) >= 11 is 0. The highest BCUT2D eigenvalue weighted by Gasteiger charge is 2.36. The van der Waals surface area contributed by atoms with E-state index in [0.29, 0.717) is 13.0 Å². The lowest BCUT2D eigenvalue weighted by Crippen LogP contribution is -2.38. The van der Waals surface area contributed by atoms with Crippen LogP contribution in [0, 0.1) is 5.92 Å². The van der Waals surface area contributed by atoms with E-state index in [9.17, 15) is 18.0 Å². The number of ketones is 1. The molecule has 98 valence electrons. The molecule has 0 aliphatic carbocycles. The summed E-state index contributed by atoms with van der Waals surface area (Å²) in [5, 5.41) is 0. The molecule has 6 nitrogen and oxygen atoms in total. The first-order valence-corrected chi connectivity index (χ1v) is 7.32. The van der Waals surface area contributed by atoms with Crippen molar-refractivity contribution in [3.8, 4) is 0 Å². The van der Waals surface area contributed by atoms with Crippen LogP contribution in [0.2, 0.25) is 0 Å². The van der Waals surface area contributed by atoms with Crippen LogP contribution in [0.4, 0.5) is 0 Å². The van der Waals surface area contributed by atoms with Gasteiger partial charge in [-0.05, 0) is 19.3 Å². The molecule has 7 heteroatoms. The van der Waals surface area contributed by atoms with Gasteiger partial charge in [0.25, 0.3) is 0 Å². The van der Waals surface area contributed by atoms with Crippen molar-refractivity contribution < 1.29 is 18.0 Å². The molecule has 0 saturated carbocycles. The smallest absolute Gasteiger partial charge is 0.220 e. The monoisotopic (exact) mass is 262 g/mol. The van der Waals surface area contributed by atoms with Gasteiger partial charge in [0, 0.05) is 20.0 Å². The Morgan fingerprint density at radius 1 is 1.35 bits per heavy atom. The fourth-order valence-electron chi connectivity index (χ4n) is 2.07. The van der Waals surface area contributed by atoms with E-state index in [4.69, 9.17) is 0 Å². The summed E-state index contributed by atoms with van der Waals surface area (Å²) in [6, 6.07) is -0.404. The fraction of sp³-hybridized carbons (Fsp3) is 0.800. The maximum absolute atomic E-state index is 11.4. The first kappa shape index (κ1) is 14.1. The third-order valence-corrected chi connectivity index (χ3v) is 3.59. The molecule has 1 aliphatic rings. The van der Waals surface area contributed by atoms with Crippen LogP contribution in [0.3, 0.4) is 0 Å². The maximum atomic E-state index is 11.4. The maximum Gasteiger partial charge on any atom is 0.220 e. The number of Topliss-reactive ketones (excluding diaryl/α,β-unsaturated/α-hetero) is 1. The predicted molar refractivity (Wildman–Crippen MR) is 62.8 cm³/mol. The number of hydrogen-bond donors (Lipinski definition) is 1. The van der Waals surface area contributed by atoms with Crippen LogP contribution >= 0.6 is 0 Å². The van der Waals surface area contributed by atoms with Crippen molar-refractivity contribution in [2.75, 3.05) is 19.3 Å². The van der Waals surface area contributed by atoms with Crippen molar-refractivity contribution in [3.63, 3.8) is 0 Å². The van der Waals surface area contributed by atoms with Crippen LogP contribution in [-0.2, 0) is 19.6 Å². The SMILES string of the molecule is CC(=O)[C@@H]1CC(CNS(C)(=O)=O)CN1C(C)=O. The highest BCUT2D eigenvalue weighted by atomic mass is 32.2. The van der Waals surface area contributed by atoms with Crippen LogP contribution in [0.5, 0.6) is 0 Å². The zero-order chi connectivity index (χ0) is 13.2. The third kappa shape index (κ3) is 4.08. The molecule has 2 atom stereocenters. The minimum absolute atomic E-state index is 0.00234. The standard InChI is InChI=1S/C10H18N2O4S/c1-7(13)10-4-9(5-11-17(3,15)16)6-12(10)8(2)14/h9-11H,4-6H2,1-3H3/t9?,10-/m0/s1. The lowest BCUT2D eigenvalue weighted by Gasteiger charge is -2.20. The molecule has 1 N–H and O–H groups in total. The lowest BCUT2D eigenvalue weighted by atomic mass is 10.0. The normalized spacial score (nSPS) is 25.0. The summed E-state index contributed by atoms with van der Waals surface area (Å²) in [6.45, 7) is 3.57. The van der Waals surface area contributed by atoms with E-state index in [2.05, 4.69) is 4.72 Å². The molecule has 0 bridgehead atoms. The van der Waals surface area contributed by atoms with Crippen molar-refractivity contribution in [2.45, 2.75) is 26.3 Å². The Bertz CT molecular complexity index is 396. The van der Waals surface area contributed by atoms with Gasteiger partial charge in [-0.25, -0.2) is 13.1 Å². The van der Waals surface area contributed by atoms with Gasteiger partial charge in [-0.1, -0.05) is 0 Å². The summed E-state index contributed by atoms with van der Waals surface area (Å²) in [5.41, 5.74) is 0. The van der Waals surface area contributed by atoms with Gasteiger partial charge >= 0.3 is 0 Å². The van der Waals surface area contributed by atoms with Crippen LogP contribution in [-0.4, -0.2) is 50.4 Å². The minimum atomic E-state index is -3.23. The fourth-order valence-corrected chi connectivity index (χ4v) is 2.61. The highest BCUT2D eigenvalue weighted by molar-refractivity contribution is 7.88. The Hall–Kier alpha value is -0.950. The Morgan fingerprint density at radius 3 is 2.29 bits per heavy atom. The molecule has 0 aromatic heterocycles. The Balaban J connectivity index is 2.63. The molecular weight excluding hydrogens is 244 g/mol. The molecule has 0 aromatic carbocycles. The van der Waals surface area contributed by atoms with Crippen molar-refractivity contribution >= 4 is 21.7 Å². The molecular formula is C10H18N2O4S. The summed E-state index contributed by atoms with van der Waals surface area (Å²) in [7, 11) is -3.23. The molecule has 1 rings (SSSR count). The largest absolute Gasteiger partial charge is 0.333 e. The van der Waals surface area contributed by atoms with Gasteiger partial charge in [0.1, 0.15) is 0 Å². The number of likely N-dealkylation sites (tertiary alicyclic amines) is 1. The van der Waals surface area contributed by atoms with Gasteiger partial charge in [-0.15, -0.1) is 0 Å². The van der Waals surface area contributed by atoms with Gasteiger partial charge in [0.15, 0.2) is 5.78 Å². The summed E-state index contributed by atoms with van der Waals surface area (Å²) in [6.07, 6.45) is 1.62. The lowest BCUT2D eigenvalue weighted by molar-refractivity contribution is -0.135. The Morgan fingerprint density at radius 2 is 1.94 bits per heavy atom. The van der Waals surface area contributed by atoms with Crippen molar-refractivity contribution in [3.05, 3.63) is 0 Å². The molecule has 1 amide bonds. The number of hydrogen-bond acceptors (Lipinski definition) is 4. The molecule has 1 fully saturated rings. The van der Waals surface area contributed by atoms with E-state index in [0.717, 1.165) is 6.26 Å². The van der Waals surface area contributed by atoms with E-state index in [-0.39, 0.29) is 24.2 Å². The first-order chi connectivity index (χ1) is 7.70. The minimum Gasteiger partial charge on any atom is -0.333 e. The molecule has 0 spiro atoms. The van der Waals surface area contributed by atoms with E-state index in [1.165, 1.54) is 18.7 Å². The number of nitrogens with one attached hydrogen (secondary N) is 1. The quantitative estimate of drug-likeness (QED) is 0.730. The number of nitrogens with zero attached hydrogens (tertiary/aromatic N) is 1. The summed E-state index contributed by atoms with van der Waals surface area (Å²) in [5.74, 6) is -0.198. The second-order valence-electron chi connectivity index (χ2n) is 4.52. The summed E-state index contributed by atoms with van der Waals surface area (Å²) < 4.78 is 24.3. The van der Waals surface area contributed by atoms with Crippen molar-refractivity contribution in [1.29, 1.82) is 0 Å². The van der Waals surface area contributed by atoms with E-state index < -0.39 is 16.1 Å². The van der Waals surface area contributed by atoms with Crippen LogP contribution in [0.1, 0.15) is 20.3 Å². The number of sulfonamides is 1. The van der Waals surface area contributed by atoms with Crippen molar-refractivity contribution in [1.82, 2.24) is 9.62 Å². The van der Waals surface area contributed by atoms with Gasteiger partial charge in [-0.3, -0.25) is 9.59 Å². The van der Waals surface area contributed by atoms with Gasteiger partial charge in [-0.2, -0.15) is 0 Å². The van der Waals surface area contributed by atoms with E-state index in [1.807, 2.05) is 0 Å². The zero-order valence-electron chi connectivity index (χ0n) is 10.3. The third-order valence-electron chi connectivity index (χ3n) is 2.90. The number of carbonyl (C=O) groups is 2. The van der Waals surface area contributed by atoms with Gasteiger partial charge in [0.05, 0.1) is 12.3 Å².